The lowest BCUT2D eigenvalue weighted by molar-refractivity contribution is -0.143. The Morgan fingerprint density at radius 2 is 1.89 bits per heavy atom. The van der Waals surface area contributed by atoms with E-state index in [2.05, 4.69) is 15.9 Å². The number of halogens is 2. The quantitative estimate of drug-likeness (QED) is 0.614. The molecule has 0 N–H and O–H groups in total. The van der Waals surface area contributed by atoms with E-state index in [0.717, 1.165) is 9.80 Å². The molecule has 1 aliphatic rings. The van der Waals surface area contributed by atoms with Crippen molar-refractivity contribution < 1.29 is 18.8 Å². The second-order valence-corrected chi connectivity index (χ2v) is 4.64. The van der Waals surface area contributed by atoms with Gasteiger partial charge in [-0.15, -0.1) is 0 Å². The second kappa shape index (κ2) is 4.49. The zero-order valence-electron chi connectivity index (χ0n) is 9.31. The van der Waals surface area contributed by atoms with E-state index in [9.17, 15) is 18.8 Å². The minimum Gasteiger partial charge on any atom is -0.263 e. The fraction of sp³-hybridized carbons (Fsp3) is 0.182. The van der Waals surface area contributed by atoms with E-state index < -0.39 is 23.7 Å². The van der Waals surface area contributed by atoms with Crippen LogP contribution in [-0.4, -0.2) is 34.7 Å². The third-order valence-electron chi connectivity index (χ3n) is 2.58. The van der Waals surface area contributed by atoms with Gasteiger partial charge in [0, 0.05) is 7.05 Å². The number of hydrogen-bond acceptors (Lipinski definition) is 3. The molecule has 1 aromatic carbocycles. The molecule has 5 nitrogen and oxygen atoms in total. The largest absolute Gasteiger partial charge is 0.334 e. The molecule has 18 heavy (non-hydrogen) atoms. The number of hydrogen-bond donors (Lipinski definition) is 0. The van der Waals surface area contributed by atoms with Crippen molar-refractivity contribution in [3.63, 3.8) is 0 Å². The number of benzene rings is 1. The maximum Gasteiger partial charge on any atom is 0.334 e. The van der Waals surface area contributed by atoms with Crippen LogP contribution in [0.25, 0.3) is 0 Å². The Morgan fingerprint density at radius 3 is 2.39 bits per heavy atom. The van der Waals surface area contributed by atoms with Gasteiger partial charge in [-0.1, -0.05) is 6.07 Å². The summed E-state index contributed by atoms with van der Waals surface area (Å²) < 4.78 is 13.3. The summed E-state index contributed by atoms with van der Waals surface area (Å²) >= 11 is 3.01. The molecule has 1 heterocycles. The van der Waals surface area contributed by atoms with E-state index in [-0.39, 0.29) is 11.0 Å². The minimum absolute atomic E-state index is 0.0629. The highest BCUT2D eigenvalue weighted by atomic mass is 79.9. The van der Waals surface area contributed by atoms with Crippen LogP contribution in [0.4, 0.5) is 9.18 Å². The maximum atomic E-state index is 13.0. The summed E-state index contributed by atoms with van der Waals surface area (Å²) in [5, 5.41) is 0. The van der Waals surface area contributed by atoms with Gasteiger partial charge in [-0.25, -0.2) is 9.18 Å². The van der Waals surface area contributed by atoms with Gasteiger partial charge in [-0.05, 0) is 33.6 Å². The Hall–Kier alpha value is -1.76. The molecule has 0 spiro atoms. The number of carbonyl (C=O) groups is 3. The lowest BCUT2D eigenvalue weighted by Crippen LogP contribution is -2.31. The van der Waals surface area contributed by atoms with Crippen molar-refractivity contribution in [2.45, 2.75) is 6.54 Å². The van der Waals surface area contributed by atoms with Gasteiger partial charge in [0.25, 0.3) is 0 Å². The molecule has 4 amide bonds. The number of amides is 4. The minimum atomic E-state index is -0.872. The van der Waals surface area contributed by atoms with Crippen molar-refractivity contribution in [3.05, 3.63) is 34.1 Å². The molecule has 0 atom stereocenters. The van der Waals surface area contributed by atoms with E-state index >= 15 is 0 Å². The second-order valence-electron chi connectivity index (χ2n) is 3.79. The van der Waals surface area contributed by atoms with Crippen LogP contribution >= 0.6 is 15.9 Å². The van der Waals surface area contributed by atoms with Crippen LogP contribution in [0.2, 0.25) is 0 Å². The Bertz CT molecular complexity index is 561. The summed E-state index contributed by atoms with van der Waals surface area (Å²) in [6.07, 6.45) is 0. The van der Waals surface area contributed by atoms with Crippen molar-refractivity contribution in [3.8, 4) is 0 Å². The molecule has 0 aliphatic carbocycles. The molecule has 1 saturated heterocycles. The fourth-order valence-electron chi connectivity index (χ4n) is 1.57. The zero-order chi connectivity index (χ0) is 13.4. The van der Waals surface area contributed by atoms with Gasteiger partial charge in [0.2, 0.25) is 0 Å². The predicted molar refractivity (Wildman–Crippen MR) is 62.8 cm³/mol. The van der Waals surface area contributed by atoms with Crippen LogP contribution in [0.3, 0.4) is 0 Å². The SMILES string of the molecule is CN1C(=O)C(=O)N(Cc2ccc(F)c(Br)c2)C1=O. The van der Waals surface area contributed by atoms with E-state index in [0.29, 0.717) is 5.56 Å². The molecule has 1 aromatic rings. The number of urea groups is 1. The lowest BCUT2D eigenvalue weighted by atomic mass is 10.2. The van der Waals surface area contributed by atoms with Crippen LogP contribution in [0.15, 0.2) is 22.7 Å². The van der Waals surface area contributed by atoms with Crippen molar-refractivity contribution in [1.82, 2.24) is 9.80 Å². The summed E-state index contributed by atoms with van der Waals surface area (Å²) in [5.41, 5.74) is 0.549. The number of carbonyl (C=O) groups excluding carboxylic acids is 3. The molecule has 0 bridgehead atoms. The van der Waals surface area contributed by atoms with Crippen molar-refractivity contribution in [2.75, 3.05) is 7.05 Å². The lowest BCUT2D eigenvalue weighted by Gasteiger charge is -2.13. The first kappa shape index (κ1) is 12.7. The van der Waals surface area contributed by atoms with E-state index in [1.807, 2.05) is 0 Å². The molecule has 7 heteroatoms. The standard InChI is InChI=1S/C11H8BrFN2O3/c1-14-9(16)10(17)15(11(14)18)5-6-2-3-8(13)7(12)4-6/h2-4H,5H2,1H3. The van der Waals surface area contributed by atoms with Crippen LogP contribution in [0.1, 0.15) is 5.56 Å². The third kappa shape index (κ3) is 2.01. The first-order valence-electron chi connectivity index (χ1n) is 4.99. The van der Waals surface area contributed by atoms with Crippen molar-refractivity contribution in [1.29, 1.82) is 0 Å². The van der Waals surface area contributed by atoms with E-state index in [1.165, 1.54) is 25.2 Å². The molecule has 2 rings (SSSR count). The summed E-state index contributed by atoms with van der Waals surface area (Å²) in [7, 11) is 1.24. The van der Waals surface area contributed by atoms with Gasteiger partial charge in [-0.3, -0.25) is 19.4 Å². The van der Waals surface area contributed by atoms with Crippen molar-refractivity contribution >= 4 is 33.8 Å². The van der Waals surface area contributed by atoms with E-state index in [1.54, 1.807) is 0 Å². The molecule has 0 unspecified atom stereocenters. The Morgan fingerprint density at radius 1 is 1.22 bits per heavy atom. The Labute approximate surface area is 110 Å². The summed E-state index contributed by atoms with van der Waals surface area (Å²) in [4.78, 5) is 36.0. The van der Waals surface area contributed by atoms with Crippen molar-refractivity contribution in [2.24, 2.45) is 0 Å². The Balaban J connectivity index is 2.24. The maximum absolute atomic E-state index is 13.0. The van der Waals surface area contributed by atoms with E-state index in [4.69, 9.17) is 0 Å². The highest BCUT2D eigenvalue weighted by Gasteiger charge is 2.41. The van der Waals surface area contributed by atoms with Crippen LogP contribution in [0.5, 0.6) is 0 Å². The zero-order valence-corrected chi connectivity index (χ0v) is 10.9. The van der Waals surface area contributed by atoms with Gasteiger partial charge in [0.1, 0.15) is 5.82 Å². The smallest absolute Gasteiger partial charge is 0.263 e. The molecule has 1 fully saturated rings. The summed E-state index contributed by atoms with van der Waals surface area (Å²) in [5.74, 6) is -2.17. The summed E-state index contributed by atoms with van der Waals surface area (Å²) in [6, 6.07) is 3.45. The topological polar surface area (TPSA) is 57.7 Å². The summed E-state index contributed by atoms with van der Waals surface area (Å²) in [6.45, 7) is -0.0629. The molecule has 0 saturated carbocycles. The first-order valence-corrected chi connectivity index (χ1v) is 5.78. The third-order valence-corrected chi connectivity index (χ3v) is 3.18. The number of likely N-dealkylation sites (N-methyl/N-ethyl adjacent to an activating group) is 1. The number of rotatable bonds is 2. The van der Waals surface area contributed by atoms with Crippen LogP contribution < -0.4 is 0 Å². The molecule has 94 valence electrons. The number of imide groups is 2. The predicted octanol–water partition coefficient (Wildman–Crippen LogP) is 1.51. The highest BCUT2D eigenvalue weighted by molar-refractivity contribution is 9.10. The van der Waals surface area contributed by atoms with Gasteiger partial charge in [0.05, 0.1) is 11.0 Å². The molecular weight excluding hydrogens is 307 g/mol. The highest BCUT2D eigenvalue weighted by Crippen LogP contribution is 2.20. The van der Waals surface area contributed by atoms with Crippen LogP contribution in [-0.2, 0) is 16.1 Å². The first-order chi connectivity index (χ1) is 8.41. The average molecular weight is 315 g/mol. The van der Waals surface area contributed by atoms with Crippen LogP contribution in [0, 0.1) is 5.82 Å². The molecular formula is C11H8BrFN2O3. The Kier molecular flexibility index (Phi) is 3.16. The molecule has 0 radical (unpaired) electrons. The van der Waals surface area contributed by atoms with Gasteiger partial charge < -0.3 is 0 Å². The number of nitrogens with zero attached hydrogens (tertiary/aromatic N) is 2. The van der Waals surface area contributed by atoms with Gasteiger partial charge in [0.15, 0.2) is 0 Å². The van der Waals surface area contributed by atoms with Gasteiger partial charge in [-0.2, -0.15) is 0 Å². The fourth-order valence-corrected chi connectivity index (χ4v) is 2.00. The van der Waals surface area contributed by atoms with Gasteiger partial charge >= 0.3 is 17.8 Å². The normalized spacial score (nSPS) is 15.8. The molecule has 0 aromatic heterocycles. The molecule has 1 aliphatic heterocycles. The monoisotopic (exact) mass is 314 g/mol. The average Bonchev–Trinajstić information content (AvgIpc) is 2.52.